The Bertz CT molecular complexity index is 518. The van der Waals surface area contributed by atoms with Crippen LogP contribution in [0.1, 0.15) is 31.0 Å². The largest absolute Gasteiger partial charge is 0.239 e. The van der Waals surface area contributed by atoms with E-state index >= 15 is 0 Å². The van der Waals surface area contributed by atoms with Gasteiger partial charge in [0.25, 0.3) is 0 Å². The Balaban J connectivity index is 2.51. The van der Waals surface area contributed by atoms with Crippen LogP contribution in [0.15, 0.2) is 30.5 Å². The number of para-hydroxylation sites is 1. The Labute approximate surface area is 111 Å². The molecule has 90 valence electrons. The first kappa shape index (κ1) is 12.5. The third kappa shape index (κ3) is 2.48. The average molecular weight is 269 g/mol. The van der Waals surface area contributed by atoms with Crippen LogP contribution in [-0.4, -0.2) is 9.78 Å². The van der Waals surface area contributed by atoms with E-state index in [0.29, 0.717) is 16.8 Å². The molecule has 17 heavy (non-hydrogen) atoms. The summed E-state index contributed by atoms with van der Waals surface area (Å²) in [5.74, 6) is 0.824. The van der Waals surface area contributed by atoms with Gasteiger partial charge in [0.2, 0.25) is 0 Å². The van der Waals surface area contributed by atoms with Crippen molar-refractivity contribution in [3.8, 4) is 5.69 Å². The summed E-state index contributed by atoms with van der Waals surface area (Å²) >= 11 is 12.1. The Morgan fingerprint density at radius 3 is 2.65 bits per heavy atom. The van der Waals surface area contributed by atoms with Crippen LogP contribution in [0.5, 0.6) is 0 Å². The van der Waals surface area contributed by atoms with Crippen LogP contribution in [0.4, 0.5) is 0 Å². The van der Waals surface area contributed by atoms with E-state index in [2.05, 4.69) is 18.9 Å². The Morgan fingerprint density at radius 1 is 1.29 bits per heavy atom. The molecule has 0 radical (unpaired) electrons. The van der Waals surface area contributed by atoms with E-state index in [1.54, 1.807) is 4.68 Å². The molecule has 2 nitrogen and oxygen atoms in total. The Morgan fingerprint density at radius 2 is 2.06 bits per heavy atom. The predicted octanol–water partition coefficient (Wildman–Crippen LogP) is 4.39. The molecule has 0 aliphatic rings. The molecule has 0 aliphatic heterocycles. The highest BCUT2D eigenvalue weighted by Gasteiger charge is 2.11. The lowest BCUT2D eigenvalue weighted by molar-refractivity contribution is 0.766. The smallest absolute Gasteiger partial charge is 0.0875 e. The number of aromatic nitrogens is 2. The van der Waals surface area contributed by atoms with Gasteiger partial charge in [0.15, 0.2) is 0 Å². The highest BCUT2D eigenvalue weighted by atomic mass is 35.5. The van der Waals surface area contributed by atoms with Crippen molar-refractivity contribution >= 4 is 23.2 Å². The van der Waals surface area contributed by atoms with E-state index in [1.807, 2.05) is 30.5 Å². The molecule has 4 heteroatoms. The first-order valence-electron chi connectivity index (χ1n) is 5.52. The summed E-state index contributed by atoms with van der Waals surface area (Å²) in [6.45, 7) is 4.23. The standard InChI is InChI=1S/C13H14Cl2N2/c1-9(2)12-6-7-17(16-12)13-10(8-14)4-3-5-11(13)15/h3-7,9H,8H2,1-2H3. The minimum absolute atomic E-state index is 0.401. The SMILES string of the molecule is CC(C)c1ccn(-c2c(Cl)cccc2CCl)n1. The zero-order valence-electron chi connectivity index (χ0n) is 9.82. The normalized spacial score (nSPS) is 11.1. The van der Waals surface area contributed by atoms with Crippen LogP contribution >= 0.6 is 23.2 Å². The maximum absolute atomic E-state index is 6.21. The summed E-state index contributed by atoms with van der Waals surface area (Å²) in [6, 6.07) is 7.72. The summed E-state index contributed by atoms with van der Waals surface area (Å²) in [7, 11) is 0. The number of halogens is 2. The molecule has 0 spiro atoms. The molecule has 0 fully saturated rings. The minimum atomic E-state index is 0.401. The lowest BCUT2D eigenvalue weighted by atomic mass is 10.1. The van der Waals surface area contributed by atoms with Crippen molar-refractivity contribution in [2.45, 2.75) is 25.6 Å². The quantitative estimate of drug-likeness (QED) is 0.756. The van der Waals surface area contributed by atoms with Crippen LogP contribution in [0.25, 0.3) is 5.69 Å². The van der Waals surface area contributed by atoms with Gasteiger partial charge in [-0.2, -0.15) is 5.10 Å². The van der Waals surface area contributed by atoms with Crippen molar-refractivity contribution in [2.24, 2.45) is 0 Å². The second-order valence-corrected chi connectivity index (χ2v) is 4.90. The minimum Gasteiger partial charge on any atom is -0.239 e. The lowest BCUT2D eigenvalue weighted by Crippen LogP contribution is -2.01. The fourth-order valence-electron chi connectivity index (χ4n) is 1.69. The van der Waals surface area contributed by atoms with Gasteiger partial charge in [-0.1, -0.05) is 37.6 Å². The maximum Gasteiger partial charge on any atom is 0.0875 e. The van der Waals surface area contributed by atoms with E-state index in [4.69, 9.17) is 23.2 Å². The molecule has 0 N–H and O–H groups in total. The molecular weight excluding hydrogens is 255 g/mol. The molecule has 0 atom stereocenters. The van der Waals surface area contributed by atoms with Crippen molar-refractivity contribution in [1.29, 1.82) is 0 Å². The van der Waals surface area contributed by atoms with Crippen LogP contribution in [0.2, 0.25) is 5.02 Å². The first-order chi connectivity index (χ1) is 8.13. The molecule has 0 bridgehead atoms. The zero-order valence-corrected chi connectivity index (χ0v) is 11.3. The van der Waals surface area contributed by atoms with Gasteiger partial charge >= 0.3 is 0 Å². The molecule has 0 unspecified atom stereocenters. The second kappa shape index (κ2) is 5.11. The fraction of sp³-hybridized carbons (Fsp3) is 0.308. The Hall–Kier alpha value is -0.990. The average Bonchev–Trinajstić information content (AvgIpc) is 2.77. The summed E-state index contributed by atoms with van der Waals surface area (Å²) in [6.07, 6.45) is 1.92. The van der Waals surface area contributed by atoms with Gasteiger partial charge in [0.05, 0.1) is 16.4 Å². The summed E-state index contributed by atoms with van der Waals surface area (Å²) < 4.78 is 1.80. The van der Waals surface area contributed by atoms with Gasteiger partial charge < -0.3 is 0 Å². The molecular formula is C13H14Cl2N2. The van der Waals surface area contributed by atoms with Crippen LogP contribution < -0.4 is 0 Å². The van der Waals surface area contributed by atoms with Gasteiger partial charge in [0, 0.05) is 12.1 Å². The summed E-state index contributed by atoms with van der Waals surface area (Å²) in [5.41, 5.74) is 2.90. The van der Waals surface area contributed by atoms with E-state index < -0.39 is 0 Å². The van der Waals surface area contributed by atoms with E-state index in [-0.39, 0.29) is 0 Å². The third-order valence-corrected chi connectivity index (χ3v) is 3.24. The van der Waals surface area contributed by atoms with E-state index in [9.17, 15) is 0 Å². The molecule has 0 amide bonds. The summed E-state index contributed by atoms with van der Waals surface area (Å²) in [4.78, 5) is 0. The van der Waals surface area contributed by atoms with Gasteiger partial charge in [-0.15, -0.1) is 11.6 Å². The molecule has 2 aromatic rings. The number of nitrogens with zero attached hydrogens (tertiary/aromatic N) is 2. The van der Waals surface area contributed by atoms with Crippen LogP contribution in [-0.2, 0) is 5.88 Å². The van der Waals surface area contributed by atoms with Gasteiger partial charge in [-0.3, -0.25) is 0 Å². The zero-order chi connectivity index (χ0) is 12.4. The molecule has 1 aromatic heterocycles. The molecule has 0 saturated carbocycles. The number of hydrogen-bond donors (Lipinski definition) is 0. The first-order valence-corrected chi connectivity index (χ1v) is 6.44. The fourth-order valence-corrected chi connectivity index (χ4v) is 2.19. The monoisotopic (exact) mass is 268 g/mol. The van der Waals surface area contributed by atoms with Crippen molar-refractivity contribution in [3.63, 3.8) is 0 Å². The van der Waals surface area contributed by atoms with Crippen molar-refractivity contribution in [3.05, 3.63) is 46.7 Å². The highest BCUT2D eigenvalue weighted by molar-refractivity contribution is 6.32. The molecule has 2 rings (SSSR count). The van der Waals surface area contributed by atoms with E-state index in [0.717, 1.165) is 16.9 Å². The van der Waals surface area contributed by atoms with E-state index in [1.165, 1.54) is 0 Å². The second-order valence-electron chi connectivity index (χ2n) is 4.22. The lowest BCUT2D eigenvalue weighted by Gasteiger charge is -2.09. The topological polar surface area (TPSA) is 17.8 Å². The number of hydrogen-bond acceptors (Lipinski definition) is 1. The predicted molar refractivity (Wildman–Crippen MR) is 72.2 cm³/mol. The molecule has 0 saturated heterocycles. The van der Waals surface area contributed by atoms with Crippen LogP contribution in [0.3, 0.4) is 0 Å². The molecule has 1 aromatic carbocycles. The van der Waals surface area contributed by atoms with Crippen LogP contribution in [0, 0.1) is 0 Å². The van der Waals surface area contributed by atoms with Crippen molar-refractivity contribution < 1.29 is 0 Å². The Kier molecular flexibility index (Phi) is 3.75. The van der Waals surface area contributed by atoms with Crippen molar-refractivity contribution in [2.75, 3.05) is 0 Å². The number of alkyl halides is 1. The van der Waals surface area contributed by atoms with Crippen molar-refractivity contribution in [1.82, 2.24) is 9.78 Å². The van der Waals surface area contributed by atoms with Gasteiger partial charge in [-0.25, -0.2) is 4.68 Å². The molecule has 1 heterocycles. The molecule has 0 aliphatic carbocycles. The summed E-state index contributed by atoms with van der Waals surface area (Å²) in [5, 5.41) is 5.19. The third-order valence-electron chi connectivity index (χ3n) is 2.64. The number of rotatable bonds is 3. The highest BCUT2D eigenvalue weighted by Crippen LogP contribution is 2.26. The van der Waals surface area contributed by atoms with Gasteiger partial charge in [-0.05, 0) is 23.6 Å². The number of benzene rings is 1. The maximum atomic E-state index is 6.21. The van der Waals surface area contributed by atoms with Gasteiger partial charge in [0.1, 0.15) is 0 Å².